The van der Waals surface area contributed by atoms with Gasteiger partial charge in [0.1, 0.15) is 0 Å². The number of nitrogens with one attached hydrogen (secondary N) is 1. The Labute approximate surface area is 113 Å². The molecular weight excluding hydrogens is 309 g/mol. The second-order valence-corrected chi connectivity index (χ2v) is 4.96. The summed E-state index contributed by atoms with van der Waals surface area (Å²) in [6, 6.07) is 5.62. The Morgan fingerprint density at radius 2 is 1.94 bits per heavy atom. The van der Waals surface area contributed by atoms with E-state index in [1.807, 2.05) is 18.2 Å². The van der Waals surface area contributed by atoms with Crippen molar-refractivity contribution in [2.24, 2.45) is 0 Å². The lowest BCUT2D eigenvalue weighted by atomic mass is 10.2. The monoisotopic (exact) mass is 324 g/mol. The topological polar surface area (TPSA) is 38.0 Å². The Balaban J connectivity index is 2.16. The summed E-state index contributed by atoms with van der Waals surface area (Å²) in [5.74, 6) is 0. The third kappa shape index (κ3) is 6.26. The molecule has 0 spiro atoms. The molecule has 1 aromatic rings. The minimum absolute atomic E-state index is 0.166. The van der Waals surface area contributed by atoms with Gasteiger partial charge < -0.3 is 11.1 Å². The number of nitrogens with two attached hydrogens (primary N) is 1. The van der Waals surface area contributed by atoms with Crippen LogP contribution in [0.25, 0.3) is 0 Å². The molecule has 0 bridgehead atoms. The zero-order valence-corrected chi connectivity index (χ0v) is 11.4. The Bertz CT molecular complexity index is 380. The van der Waals surface area contributed by atoms with Crippen molar-refractivity contribution in [3.63, 3.8) is 0 Å². The van der Waals surface area contributed by atoms with E-state index in [0.29, 0.717) is 25.2 Å². The third-order valence-electron chi connectivity index (χ3n) is 2.45. The van der Waals surface area contributed by atoms with Crippen LogP contribution in [0.2, 0.25) is 0 Å². The lowest BCUT2D eigenvalue weighted by Gasteiger charge is -2.08. The zero-order chi connectivity index (χ0) is 13.6. The van der Waals surface area contributed by atoms with Crippen molar-refractivity contribution in [1.29, 1.82) is 0 Å². The summed E-state index contributed by atoms with van der Waals surface area (Å²) in [5.41, 5.74) is 7.40. The van der Waals surface area contributed by atoms with Crippen LogP contribution in [0.15, 0.2) is 22.7 Å². The second-order valence-electron chi connectivity index (χ2n) is 4.10. The van der Waals surface area contributed by atoms with Gasteiger partial charge in [-0.25, -0.2) is 0 Å². The third-order valence-corrected chi connectivity index (χ3v) is 3.18. The van der Waals surface area contributed by atoms with E-state index in [1.54, 1.807) is 0 Å². The number of rotatable bonds is 6. The van der Waals surface area contributed by atoms with E-state index in [0.717, 1.165) is 10.0 Å². The van der Waals surface area contributed by atoms with Crippen LogP contribution in [0.1, 0.15) is 24.8 Å². The van der Waals surface area contributed by atoms with E-state index in [1.165, 1.54) is 0 Å². The summed E-state index contributed by atoms with van der Waals surface area (Å²) in [6.07, 6.45) is -4.06. The van der Waals surface area contributed by atoms with Crippen molar-refractivity contribution >= 4 is 21.6 Å². The fourth-order valence-corrected chi connectivity index (χ4v) is 1.76. The van der Waals surface area contributed by atoms with Crippen LogP contribution in [0.5, 0.6) is 0 Å². The molecule has 0 aromatic heterocycles. The first-order chi connectivity index (χ1) is 8.38. The van der Waals surface area contributed by atoms with Gasteiger partial charge >= 0.3 is 6.18 Å². The van der Waals surface area contributed by atoms with Gasteiger partial charge in [-0.1, -0.05) is 6.07 Å². The Morgan fingerprint density at radius 3 is 2.56 bits per heavy atom. The lowest BCUT2D eigenvalue weighted by Crippen LogP contribution is -2.16. The predicted molar refractivity (Wildman–Crippen MR) is 70.2 cm³/mol. The van der Waals surface area contributed by atoms with Crippen LogP contribution < -0.4 is 11.1 Å². The largest absolute Gasteiger partial charge is 0.398 e. The minimum Gasteiger partial charge on any atom is -0.398 e. The van der Waals surface area contributed by atoms with Crippen molar-refractivity contribution in [1.82, 2.24) is 5.32 Å². The number of halogens is 4. The van der Waals surface area contributed by atoms with Crippen LogP contribution in [-0.4, -0.2) is 12.7 Å². The molecule has 6 heteroatoms. The van der Waals surface area contributed by atoms with Gasteiger partial charge in [0.2, 0.25) is 0 Å². The van der Waals surface area contributed by atoms with E-state index in [-0.39, 0.29) is 6.42 Å². The standard InChI is InChI=1S/C12H16BrF3N2/c13-10-4-3-9(7-11(10)17)8-18-6-2-1-5-12(14,15)16/h3-4,7,18H,1-2,5-6,8,17H2. The highest BCUT2D eigenvalue weighted by Crippen LogP contribution is 2.22. The number of benzene rings is 1. The van der Waals surface area contributed by atoms with Gasteiger partial charge in [0.25, 0.3) is 0 Å². The maximum atomic E-state index is 11.9. The first kappa shape index (κ1) is 15.3. The number of alkyl halides is 3. The highest BCUT2D eigenvalue weighted by molar-refractivity contribution is 9.10. The smallest absolute Gasteiger partial charge is 0.389 e. The molecule has 0 saturated carbocycles. The normalized spacial score (nSPS) is 11.8. The molecule has 2 nitrogen and oxygen atoms in total. The van der Waals surface area contributed by atoms with Gasteiger partial charge in [-0.2, -0.15) is 13.2 Å². The van der Waals surface area contributed by atoms with Crippen molar-refractivity contribution in [2.75, 3.05) is 12.3 Å². The quantitative estimate of drug-likeness (QED) is 0.616. The summed E-state index contributed by atoms with van der Waals surface area (Å²) >= 11 is 3.30. The summed E-state index contributed by atoms with van der Waals surface area (Å²) < 4.78 is 36.5. The predicted octanol–water partition coefficient (Wildman–Crippen LogP) is 3.85. The maximum Gasteiger partial charge on any atom is 0.389 e. The van der Waals surface area contributed by atoms with Gasteiger partial charge in [-0.05, 0) is 53.0 Å². The number of unbranched alkanes of at least 4 members (excludes halogenated alkanes) is 1. The van der Waals surface area contributed by atoms with E-state index >= 15 is 0 Å². The van der Waals surface area contributed by atoms with Crippen LogP contribution >= 0.6 is 15.9 Å². The van der Waals surface area contributed by atoms with Gasteiger partial charge in [-0.15, -0.1) is 0 Å². The molecule has 1 rings (SSSR count). The molecule has 3 N–H and O–H groups in total. The average Bonchev–Trinajstić information content (AvgIpc) is 2.26. The maximum absolute atomic E-state index is 11.9. The Hall–Kier alpha value is -0.750. The second kappa shape index (κ2) is 6.99. The molecule has 1 aromatic carbocycles. The molecule has 0 saturated heterocycles. The molecule has 0 unspecified atom stereocenters. The molecule has 0 aliphatic heterocycles. The molecule has 0 aliphatic carbocycles. The first-order valence-corrected chi connectivity index (χ1v) is 6.49. The van der Waals surface area contributed by atoms with Crippen molar-refractivity contribution in [2.45, 2.75) is 32.0 Å². The highest BCUT2D eigenvalue weighted by atomic mass is 79.9. The summed E-state index contributed by atoms with van der Waals surface area (Å²) in [4.78, 5) is 0. The van der Waals surface area contributed by atoms with Crippen LogP contribution in [0.4, 0.5) is 18.9 Å². The van der Waals surface area contributed by atoms with E-state index < -0.39 is 12.6 Å². The van der Waals surface area contributed by atoms with Crippen LogP contribution in [-0.2, 0) is 6.54 Å². The fourth-order valence-electron chi connectivity index (χ4n) is 1.51. The molecular formula is C12H16BrF3N2. The van der Waals surface area contributed by atoms with Crippen LogP contribution in [0, 0.1) is 0 Å². The van der Waals surface area contributed by atoms with Gasteiger partial charge in [0.05, 0.1) is 0 Å². The average molecular weight is 325 g/mol. The highest BCUT2D eigenvalue weighted by Gasteiger charge is 2.25. The number of anilines is 1. The zero-order valence-electron chi connectivity index (χ0n) is 9.86. The molecule has 0 aliphatic rings. The summed E-state index contributed by atoms with van der Waals surface area (Å²) in [7, 11) is 0. The van der Waals surface area contributed by atoms with Crippen molar-refractivity contribution < 1.29 is 13.2 Å². The van der Waals surface area contributed by atoms with E-state index in [2.05, 4.69) is 21.2 Å². The van der Waals surface area contributed by atoms with Gasteiger partial charge in [0, 0.05) is 23.1 Å². The van der Waals surface area contributed by atoms with Crippen molar-refractivity contribution in [3.05, 3.63) is 28.2 Å². The molecule has 0 radical (unpaired) electrons. The van der Waals surface area contributed by atoms with Crippen molar-refractivity contribution in [3.8, 4) is 0 Å². The van der Waals surface area contributed by atoms with E-state index in [4.69, 9.17) is 5.73 Å². The lowest BCUT2D eigenvalue weighted by molar-refractivity contribution is -0.135. The summed E-state index contributed by atoms with van der Waals surface area (Å²) in [5, 5.41) is 3.10. The first-order valence-electron chi connectivity index (χ1n) is 5.70. The fraction of sp³-hybridized carbons (Fsp3) is 0.500. The summed E-state index contributed by atoms with van der Waals surface area (Å²) in [6.45, 7) is 1.19. The molecule has 0 atom stereocenters. The van der Waals surface area contributed by atoms with E-state index in [9.17, 15) is 13.2 Å². The SMILES string of the molecule is Nc1cc(CNCCCCC(F)(F)F)ccc1Br. The molecule has 18 heavy (non-hydrogen) atoms. The Morgan fingerprint density at radius 1 is 1.22 bits per heavy atom. The minimum atomic E-state index is -4.04. The molecule has 102 valence electrons. The Kier molecular flexibility index (Phi) is 5.95. The molecule has 0 fully saturated rings. The molecule has 0 heterocycles. The molecule has 0 amide bonds. The number of hydrogen-bond acceptors (Lipinski definition) is 2. The van der Waals surface area contributed by atoms with Crippen LogP contribution in [0.3, 0.4) is 0 Å². The van der Waals surface area contributed by atoms with Gasteiger partial charge in [-0.3, -0.25) is 0 Å². The number of nitrogen functional groups attached to an aromatic ring is 1. The number of hydrogen-bond donors (Lipinski definition) is 2. The van der Waals surface area contributed by atoms with Gasteiger partial charge in [0.15, 0.2) is 0 Å².